The van der Waals surface area contributed by atoms with Gasteiger partial charge in [0, 0.05) is 11.5 Å². The average molecular weight is 461 g/mol. The summed E-state index contributed by atoms with van der Waals surface area (Å²) in [7, 11) is -1.18. The van der Waals surface area contributed by atoms with Crippen molar-refractivity contribution in [3.63, 3.8) is 0 Å². The van der Waals surface area contributed by atoms with Crippen molar-refractivity contribution in [3.05, 3.63) is 28.7 Å². The highest BCUT2D eigenvalue weighted by molar-refractivity contribution is 9.10. The first kappa shape index (κ1) is 21.8. The van der Waals surface area contributed by atoms with Crippen molar-refractivity contribution in [1.82, 2.24) is 9.62 Å². The van der Waals surface area contributed by atoms with E-state index in [-0.39, 0.29) is 11.4 Å². The molecule has 1 saturated carbocycles. The van der Waals surface area contributed by atoms with E-state index in [0.717, 1.165) is 21.6 Å². The Balaban J connectivity index is 2.10. The predicted molar refractivity (Wildman–Crippen MR) is 104 cm³/mol. The van der Waals surface area contributed by atoms with Gasteiger partial charge in [-0.05, 0) is 55.9 Å². The van der Waals surface area contributed by atoms with Crippen LogP contribution in [0.15, 0.2) is 33.6 Å². The van der Waals surface area contributed by atoms with Gasteiger partial charge in [-0.25, -0.2) is 13.2 Å². The Morgan fingerprint density at radius 3 is 2.33 bits per heavy atom. The van der Waals surface area contributed by atoms with Crippen LogP contribution in [0.2, 0.25) is 0 Å². The first-order valence-electron chi connectivity index (χ1n) is 8.72. The minimum absolute atomic E-state index is 0.0928. The van der Waals surface area contributed by atoms with Crippen LogP contribution < -0.4 is 5.32 Å². The van der Waals surface area contributed by atoms with Crippen LogP contribution in [0.1, 0.15) is 32.6 Å². The number of benzene rings is 1. The number of hydrogen-bond acceptors (Lipinski definition) is 5. The van der Waals surface area contributed by atoms with Gasteiger partial charge in [0.25, 0.3) is 0 Å². The second-order valence-electron chi connectivity index (χ2n) is 7.02. The lowest BCUT2D eigenvalue weighted by Crippen LogP contribution is -2.58. The molecule has 1 aliphatic carbocycles. The van der Waals surface area contributed by atoms with E-state index in [1.54, 1.807) is 12.1 Å². The Bertz CT molecular complexity index is 786. The number of halogens is 1. The van der Waals surface area contributed by atoms with Gasteiger partial charge < -0.3 is 10.1 Å². The van der Waals surface area contributed by atoms with E-state index in [0.29, 0.717) is 18.8 Å². The summed E-state index contributed by atoms with van der Waals surface area (Å²) in [6.45, 7) is 1.72. The van der Waals surface area contributed by atoms with Crippen LogP contribution in [0.5, 0.6) is 0 Å². The summed E-state index contributed by atoms with van der Waals surface area (Å²) in [5.41, 5.74) is -1.08. The summed E-state index contributed by atoms with van der Waals surface area (Å²) < 4.78 is 31.9. The number of ether oxygens (including phenoxy) is 1. The molecule has 0 heterocycles. The smallest absolute Gasteiger partial charge is 0.331 e. The molecule has 0 atom stereocenters. The number of carbonyl (C=O) groups is 2. The highest BCUT2D eigenvalue weighted by Gasteiger charge is 2.43. The lowest BCUT2D eigenvalue weighted by Gasteiger charge is -2.37. The standard InChI is InChI=1S/C18H25BrN2O5S/c1-13-8-10-18(11-9-13,17(23)26-3)20-16(22)12-21(2)27(24,25)15-6-4-14(19)5-7-15/h4-7,13H,8-12H2,1-3H3,(H,20,22). The number of rotatable bonds is 6. The van der Waals surface area contributed by atoms with Crippen molar-refractivity contribution in [1.29, 1.82) is 0 Å². The van der Waals surface area contributed by atoms with Crippen LogP contribution in [0.3, 0.4) is 0 Å². The molecule has 1 aliphatic rings. The number of likely N-dealkylation sites (N-methyl/N-ethyl adjacent to an activating group) is 1. The third-order valence-electron chi connectivity index (χ3n) is 4.97. The third-order valence-corrected chi connectivity index (χ3v) is 7.32. The predicted octanol–water partition coefficient (Wildman–Crippen LogP) is 2.31. The van der Waals surface area contributed by atoms with Gasteiger partial charge in [0.05, 0.1) is 18.6 Å². The molecule has 0 spiro atoms. The van der Waals surface area contributed by atoms with Crippen molar-refractivity contribution in [3.8, 4) is 0 Å². The van der Waals surface area contributed by atoms with E-state index in [1.807, 2.05) is 0 Å². The molecule has 1 N–H and O–H groups in total. The second-order valence-corrected chi connectivity index (χ2v) is 9.98. The Hall–Kier alpha value is -1.45. The van der Waals surface area contributed by atoms with Crippen molar-refractivity contribution < 1.29 is 22.7 Å². The summed E-state index contributed by atoms with van der Waals surface area (Å²) in [5.74, 6) is -0.542. The van der Waals surface area contributed by atoms with Gasteiger partial charge in [0.2, 0.25) is 15.9 Å². The van der Waals surface area contributed by atoms with Gasteiger partial charge >= 0.3 is 5.97 Å². The molecule has 1 amide bonds. The lowest BCUT2D eigenvalue weighted by atomic mass is 9.77. The van der Waals surface area contributed by atoms with Gasteiger partial charge in [0.1, 0.15) is 5.54 Å². The van der Waals surface area contributed by atoms with Crippen LogP contribution in [0.25, 0.3) is 0 Å². The fraction of sp³-hybridized carbons (Fsp3) is 0.556. The van der Waals surface area contributed by atoms with Gasteiger partial charge in [0.15, 0.2) is 0 Å². The zero-order chi connectivity index (χ0) is 20.2. The molecule has 1 aromatic rings. The van der Waals surface area contributed by atoms with Gasteiger partial charge in [-0.1, -0.05) is 22.9 Å². The maximum atomic E-state index is 12.6. The molecule has 0 bridgehead atoms. The molecule has 0 unspecified atom stereocenters. The number of esters is 1. The zero-order valence-corrected chi connectivity index (χ0v) is 18.1. The minimum atomic E-state index is -3.81. The largest absolute Gasteiger partial charge is 0.467 e. The van der Waals surface area contributed by atoms with Crippen LogP contribution in [-0.4, -0.2) is 50.8 Å². The first-order valence-corrected chi connectivity index (χ1v) is 11.0. The van der Waals surface area contributed by atoms with Gasteiger partial charge in [-0.3, -0.25) is 4.79 Å². The maximum Gasteiger partial charge on any atom is 0.331 e. The minimum Gasteiger partial charge on any atom is -0.467 e. The molecule has 2 rings (SSSR count). The molecule has 7 nitrogen and oxygen atoms in total. The van der Waals surface area contributed by atoms with E-state index in [9.17, 15) is 18.0 Å². The number of carbonyl (C=O) groups excluding carboxylic acids is 2. The van der Waals surface area contributed by atoms with E-state index < -0.39 is 27.4 Å². The fourth-order valence-electron chi connectivity index (χ4n) is 3.21. The third kappa shape index (κ3) is 5.08. The van der Waals surface area contributed by atoms with Crippen molar-refractivity contribution in [2.45, 2.75) is 43.0 Å². The van der Waals surface area contributed by atoms with Crippen LogP contribution in [-0.2, 0) is 24.3 Å². The number of methoxy groups -OCH3 is 1. The zero-order valence-electron chi connectivity index (χ0n) is 15.7. The molecule has 0 saturated heterocycles. The molecule has 0 aliphatic heterocycles. The van der Waals surface area contributed by atoms with Crippen LogP contribution >= 0.6 is 15.9 Å². The van der Waals surface area contributed by atoms with Gasteiger partial charge in [-0.2, -0.15) is 4.31 Å². The van der Waals surface area contributed by atoms with E-state index >= 15 is 0 Å². The summed E-state index contributed by atoms with van der Waals surface area (Å²) in [5, 5.41) is 2.74. The van der Waals surface area contributed by atoms with Gasteiger partial charge in [-0.15, -0.1) is 0 Å². The summed E-state index contributed by atoms with van der Waals surface area (Å²) >= 11 is 3.26. The number of nitrogens with one attached hydrogen (secondary N) is 1. The number of amides is 1. The molecule has 9 heteroatoms. The SMILES string of the molecule is COC(=O)C1(NC(=O)CN(C)S(=O)(=O)c2ccc(Br)cc2)CCC(C)CC1. The summed E-state index contributed by atoms with van der Waals surface area (Å²) in [6, 6.07) is 6.17. The van der Waals surface area contributed by atoms with Crippen LogP contribution in [0, 0.1) is 5.92 Å². The molecular weight excluding hydrogens is 436 g/mol. The summed E-state index contributed by atoms with van der Waals surface area (Å²) in [6.07, 6.45) is 2.55. The van der Waals surface area contributed by atoms with Crippen molar-refractivity contribution in [2.24, 2.45) is 5.92 Å². The van der Waals surface area contributed by atoms with E-state index in [4.69, 9.17) is 4.74 Å². The molecule has 1 fully saturated rings. The highest BCUT2D eigenvalue weighted by Crippen LogP contribution is 2.33. The lowest BCUT2D eigenvalue weighted by molar-refractivity contribution is -0.153. The number of hydrogen-bond donors (Lipinski definition) is 1. The molecule has 150 valence electrons. The Morgan fingerprint density at radius 2 is 1.81 bits per heavy atom. The second kappa shape index (κ2) is 8.70. The molecule has 1 aromatic carbocycles. The first-order chi connectivity index (χ1) is 12.6. The summed E-state index contributed by atoms with van der Waals surface area (Å²) in [4.78, 5) is 24.9. The van der Waals surface area contributed by atoms with Crippen LogP contribution in [0.4, 0.5) is 0 Å². The number of nitrogens with zero attached hydrogens (tertiary/aromatic N) is 1. The van der Waals surface area contributed by atoms with E-state index in [1.165, 1.54) is 26.3 Å². The molecule has 0 radical (unpaired) electrons. The topological polar surface area (TPSA) is 92.8 Å². The van der Waals surface area contributed by atoms with Crippen molar-refractivity contribution >= 4 is 37.8 Å². The maximum absolute atomic E-state index is 12.6. The average Bonchev–Trinajstić information content (AvgIpc) is 2.63. The molecule has 27 heavy (non-hydrogen) atoms. The Labute approximate surface area is 168 Å². The molecule has 0 aromatic heterocycles. The van der Waals surface area contributed by atoms with E-state index in [2.05, 4.69) is 28.2 Å². The Kier molecular flexibility index (Phi) is 7.04. The monoisotopic (exact) mass is 460 g/mol. The quantitative estimate of drug-likeness (QED) is 0.657. The number of sulfonamides is 1. The normalized spacial score (nSPS) is 23.1. The fourth-order valence-corrected chi connectivity index (χ4v) is 4.60. The molecular formula is C18H25BrN2O5S. The Morgan fingerprint density at radius 1 is 1.26 bits per heavy atom. The highest BCUT2D eigenvalue weighted by atomic mass is 79.9. The van der Waals surface area contributed by atoms with Crippen molar-refractivity contribution in [2.75, 3.05) is 20.7 Å².